The van der Waals surface area contributed by atoms with Crippen molar-refractivity contribution >= 4 is 11.1 Å². The van der Waals surface area contributed by atoms with Gasteiger partial charge in [-0.05, 0) is 71.7 Å². The van der Waals surface area contributed by atoms with Crippen LogP contribution in [0.1, 0.15) is 100 Å². The predicted octanol–water partition coefficient (Wildman–Crippen LogP) is 8.32. The fraction of sp³-hybridized carbons (Fsp3) is 0.517. The summed E-state index contributed by atoms with van der Waals surface area (Å²) in [6, 6.07) is 16.3. The lowest BCUT2D eigenvalue weighted by atomic mass is 9.76. The summed E-state index contributed by atoms with van der Waals surface area (Å²) in [5.74, 6) is 0.477. The van der Waals surface area contributed by atoms with Crippen molar-refractivity contribution in [2.24, 2.45) is 5.92 Å². The van der Waals surface area contributed by atoms with Crippen LogP contribution in [0.4, 0.5) is 4.39 Å². The largest absolute Gasteiger partial charge is 0.306 e. The van der Waals surface area contributed by atoms with Gasteiger partial charge in [0.2, 0.25) is 0 Å². The number of hydrogen-bond acceptors (Lipinski definition) is 1. The van der Waals surface area contributed by atoms with Gasteiger partial charge in [-0.1, -0.05) is 94.7 Å². The molecular weight excluding hydrogens is 381 g/mol. The summed E-state index contributed by atoms with van der Waals surface area (Å²) in [5.41, 5.74) is 6.61. The van der Waals surface area contributed by atoms with Crippen molar-refractivity contribution < 1.29 is 4.39 Å². The molecule has 0 bridgehead atoms. The molecule has 0 unspecified atom stereocenters. The Morgan fingerprint density at radius 1 is 0.839 bits per heavy atom. The minimum absolute atomic E-state index is 0.143. The Bertz CT molecular complexity index is 880. The number of rotatable bonds is 12. The second-order valence-electron chi connectivity index (χ2n) is 9.41. The van der Waals surface area contributed by atoms with Gasteiger partial charge in [0.15, 0.2) is 0 Å². The van der Waals surface area contributed by atoms with E-state index in [1.807, 2.05) is 6.07 Å². The summed E-state index contributed by atoms with van der Waals surface area (Å²) in [5, 5.41) is 3.87. The topological polar surface area (TPSA) is 12.0 Å². The highest BCUT2D eigenvalue weighted by atomic mass is 19.1. The first-order chi connectivity index (χ1) is 15.3. The van der Waals surface area contributed by atoms with Gasteiger partial charge in [-0.25, -0.2) is 4.39 Å². The summed E-state index contributed by atoms with van der Waals surface area (Å²) < 4.78 is 14.2. The van der Waals surface area contributed by atoms with Gasteiger partial charge in [-0.3, -0.25) is 0 Å². The fourth-order valence-electron chi connectivity index (χ4n) is 5.28. The van der Waals surface area contributed by atoms with E-state index in [1.165, 1.54) is 92.9 Å². The molecule has 2 aliphatic carbocycles. The van der Waals surface area contributed by atoms with Gasteiger partial charge in [0, 0.05) is 0 Å². The molecule has 2 aromatic carbocycles. The van der Waals surface area contributed by atoms with Crippen LogP contribution >= 0.6 is 0 Å². The third-order valence-corrected chi connectivity index (χ3v) is 7.17. The number of halogens is 1. The summed E-state index contributed by atoms with van der Waals surface area (Å²) in [4.78, 5) is 0. The summed E-state index contributed by atoms with van der Waals surface area (Å²) in [7, 11) is 0. The number of benzene rings is 2. The van der Waals surface area contributed by atoms with E-state index >= 15 is 0 Å². The molecule has 4 rings (SSSR count). The van der Waals surface area contributed by atoms with E-state index < -0.39 is 0 Å². The van der Waals surface area contributed by atoms with Gasteiger partial charge >= 0.3 is 0 Å². The van der Waals surface area contributed by atoms with Crippen LogP contribution in [0.5, 0.6) is 0 Å². The summed E-state index contributed by atoms with van der Waals surface area (Å²) in [6.45, 7) is 3.29. The molecule has 1 nitrogen and oxygen atoms in total. The smallest absolute Gasteiger partial charge is 0.123 e. The highest BCUT2D eigenvalue weighted by molar-refractivity contribution is 6.00. The van der Waals surface area contributed by atoms with Crippen LogP contribution in [0.15, 0.2) is 48.5 Å². The minimum atomic E-state index is -0.143. The Labute approximate surface area is 188 Å². The maximum Gasteiger partial charge on any atom is 0.123 e. The second-order valence-corrected chi connectivity index (χ2v) is 9.41. The van der Waals surface area contributed by atoms with Crippen molar-refractivity contribution in [3.05, 3.63) is 71.0 Å². The number of nitrogens with one attached hydrogen (secondary N) is 1. The summed E-state index contributed by atoms with van der Waals surface area (Å²) in [6.07, 6.45) is 14.5. The van der Waals surface area contributed by atoms with Gasteiger partial charge in [-0.2, -0.15) is 0 Å². The standard InChI is InChI=1S/C29H38FN/c1-2-3-4-5-6-7-8-11-20-31-29-26-19-10-9-18-25(26)27(22-14-12-15-22)28(29)23-16-13-17-24(30)21-23/h9-10,13,16-19,21-22,29,31H,2-8,11-12,14-15,20H2,1H3/t29-/m0/s1. The lowest BCUT2D eigenvalue weighted by Crippen LogP contribution is -2.22. The molecule has 0 saturated heterocycles. The van der Waals surface area contributed by atoms with Crippen LogP contribution in [0.25, 0.3) is 11.1 Å². The van der Waals surface area contributed by atoms with Crippen molar-refractivity contribution in [2.45, 2.75) is 83.6 Å². The number of unbranched alkanes of at least 4 members (excludes halogenated alkanes) is 7. The van der Waals surface area contributed by atoms with Crippen molar-refractivity contribution in [1.82, 2.24) is 5.32 Å². The molecule has 0 heterocycles. The van der Waals surface area contributed by atoms with E-state index in [2.05, 4.69) is 42.6 Å². The summed E-state index contributed by atoms with van der Waals surface area (Å²) >= 11 is 0. The van der Waals surface area contributed by atoms with Gasteiger partial charge in [0.05, 0.1) is 6.04 Å². The minimum Gasteiger partial charge on any atom is -0.306 e. The lowest BCUT2D eigenvalue weighted by Gasteiger charge is -2.29. The van der Waals surface area contributed by atoms with Crippen molar-refractivity contribution in [2.75, 3.05) is 6.54 Å². The van der Waals surface area contributed by atoms with E-state index in [4.69, 9.17) is 0 Å². The molecule has 0 aliphatic heterocycles. The average Bonchev–Trinajstić information content (AvgIpc) is 3.05. The molecule has 166 valence electrons. The van der Waals surface area contributed by atoms with Gasteiger partial charge in [0.1, 0.15) is 5.82 Å². The van der Waals surface area contributed by atoms with E-state index in [1.54, 1.807) is 12.1 Å². The molecule has 31 heavy (non-hydrogen) atoms. The number of hydrogen-bond donors (Lipinski definition) is 1. The van der Waals surface area contributed by atoms with E-state index in [-0.39, 0.29) is 11.9 Å². The zero-order valence-corrected chi connectivity index (χ0v) is 19.1. The van der Waals surface area contributed by atoms with E-state index in [0.29, 0.717) is 5.92 Å². The predicted molar refractivity (Wildman–Crippen MR) is 130 cm³/mol. The molecule has 0 radical (unpaired) electrons. The fourth-order valence-corrected chi connectivity index (χ4v) is 5.28. The highest BCUT2D eigenvalue weighted by Crippen LogP contribution is 2.52. The molecule has 0 aromatic heterocycles. The Morgan fingerprint density at radius 2 is 1.58 bits per heavy atom. The highest BCUT2D eigenvalue weighted by Gasteiger charge is 2.37. The number of fused-ring (bicyclic) bond motifs is 1. The van der Waals surface area contributed by atoms with Crippen LogP contribution < -0.4 is 5.32 Å². The van der Waals surface area contributed by atoms with Gasteiger partial charge in [0.25, 0.3) is 0 Å². The molecule has 1 fully saturated rings. The Morgan fingerprint density at radius 3 is 2.29 bits per heavy atom. The average molecular weight is 420 g/mol. The van der Waals surface area contributed by atoms with Crippen LogP contribution in [0, 0.1) is 11.7 Å². The molecule has 2 aromatic rings. The number of allylic oxidation sites excluding steroid dienone is 1. The third-order valence-electron chi connectivity index (χ3n) is 7.17. The van der Waals surface area contributed by atoms with Crippen molar-refractivity contribution in [3.8, 4) is 0 Å². The Balaban J connectivity index is 1.47. The second kappa shape index (κ2) is 11.1. The Kier molecular flexibility index (Phi) is 7.97. The normalized spacial score (nSPS) is 18.3. The monoisotopic (exact) mass is 419 g/mol. The van der Waals surface area contributed by atoms with Crippen molar-refractivity contribution in [1.29, 1.82) is 0 Å². The molecule has 2 heteroatoms. The van der Waals surface area contributed by atoms with Crippen LogP contribution in [-0.4, -0.2) is 6.54 Å². The van der Waals surface area contributed by atoms with Gasteiger partial charge < -0.3 is 5.32 Å². The maximum atomic E-state index is 14.2. The molecule has 1 saturated carbocycles. The van der Waals surface area contributed by atoms with Crippen molar-refractivity contribution in [3.63, 3.8) is 0 Å². The first-order valence-corrected chi connectivity index (χ1v) is 12.6. The zero-order chi connectivity index (χ0) is 21.5. The molecule has 0 spiro atoms. The molecule has 1 atom stereocenters. The van der Waals surface area contributed by atoms with E-state index in [9.17, 15) is 4.39 Å². The SMILES string of the molecule is CCCCCCCCCCN[C@@H]1C(c2cccc(F)c2)=C(C2CCC2)c2ccccc21. The maximum absolute atomic E-state index is 14.2. The molecule has 2 aliphatic rings. The third kappa shape index (κ3) is 5.29. The molecule has 1 N–H and O–H groups in total. The van der Waals surface area contributed by atoms with E-state index in [0.717, 1.165) is 12.1 Å². The first-order valence-electron chi connectivity index (χ1n) is 12.6. The lowest BCUT2D eigenvalue weighted by molar-refractivity contribution is 0.401. The first kappa shape index (κ1) is 22.3. The molecular formula is C29H38FN. The van der Waals surface area contributed by atoms with Gasteiger partial charge in [-0.15, -0.1) is 0 Å². The van der Waals surface area contributed by atoms with Crippen LogP contribution in [0.2, 0.25) is 0 Å². The van der Waals surface area contributed by atoms with Crippen LogP contribution in [0.3, 0.4) is 0 Å². The Hall–Kier alpha value is -1.93. The zero-order valence-electron chi connectivity index (χ0n) is 19.1. The van der Waals surface area contributed by atoms with Crippen LogP contribution in [-0.2, 0) is 0 Å². The molecule has 0 amide bonds. The quantitative estimate of drug-likeness (QED) is 0.341.